The third-order valence-electron chi connectivity index (χ3n) is 4.05. The Bertz CT molecular complexity index is 829. The van der Waals surface area contributed by atoms with Crippen LogP contribution in [-0.2, 0) is 0 Å². The van der Waals surface area contributed by atoms with E-state index in [1.54, 1.807) is 24.3 Å². The quantitative estimate of drug-likeness (QED) is 0.745. The van der Waals surface area contributed by atoms with Crippen LogP contribution in [0.3, 0.4) is 0 Å². The van der Waals surface area contributed by atoms with Crippen LogP contribution in [0.5, 0.6) is 0 Å². The van der Waals surface area contributed by atoms with Gasteiger partial charge in [-0.15, -0.1) is 0 Å². The molecule has 4 nitrogen and oxygen atoms in total. The first-order valence-corrected chi connectivity index (χ1v) is 7.74. The van der Waals surface area contributed by atoms with Crippen LogP contribution < -0.4 is 4.90 Å². The van der Waals surface area contributed by atoms with E-state index in [1.807, 2.05) is 6.07 Å². The van der Waals surface area contributed by atoms with Gasteiger partial charge in [0, 0.05) is 35.8 Å². The molecule has 0 fully saturated rings. The standard InChI is InChI=1S/C19H19NO3/c1-3-20(4-2)16-10-9-15-11-17(23-18(15)12-16)13-5-7-14(8-6-13)19(21)22/h5-12H,3-4H2,1-2H3,(H,21,22). The average molecular weight is 309 g/mol. The van der Waals surface area contributed by atoms with Crippen molar-refractivity contribution >= 4 is 22.6 Å². The number of fused-ring (bicyclic) bond motifs is 1. The molecule has 3 rings (SSSR count). The van der Waals surface area contributed by atoms with E-state index in [9.17, 15) is 4.79 Å². The van der Waals surface area contributed by atoms with Crippen molar-refractivity contribution in [2.75, 3.05) is 18.0 Å². The molecule has 0 aliphatic rings. The van der Waals surface area contributed by atoms with E-state index in [0.29, 0.717) is 0 Å². The molecule has 2 aromatic carbocycles. The number of benzene rings is 2. The van der Waals surface area contributed by atoms with Gasteiger partial charge in [-0.3, -0.25) is 0 Å². The van der Waals surface area contributed by atoms with Gasteiger partial charge in [0.25, 0.3) is 0 Å². The van der Waals surface area contributed by atoms with Gasteiger partial charge in [-0.25, -0.2) is 4.79 Å². The lowest BCUT2D eigenvalue weighted by Gasteiger charge is -2.20. The largest absolute Gasteiger partial charge is 0.478 e. The fourth-order valence-electron chi connectivity index (χ4n) is 2.72. The normalized spacial score (nSPS) is 10.9. The molecule has 1 heterocycles. The van der Waals surface area contributed by atoms with Crippen molar-refractivity contribution in [1.82, 2.24) is 0 Å². The zero-order valence-electron chi connectivity index (χ0n) is 13.2. The van der Waals surface area contributed by atoms with E-state index < -0.39 is 5.97 Å². The van der Waals surface area contributed by atoms with Crippen LogP contribution in [0.25, 0.3) is 22.3 Å². The highest BCUT2D eigenvalue weighted by Crippen LogP contribution is 2.30. The van der Waals surface area contributed by atoms with Gasteiger partial charge in [0.1, 0.15) is 11.3 Å². The maximum absolute atomic E-state index is 10.9. The van der Waals surface area contributed by atoms with Crippen LogP contribution in [0.4, 0.5) is 5.69 Å². The molecule has 23 heavy (non-hydrogen) atoms. The molecule has 0 spiro atoms. The summed E-state index contributed by atoms with van der Waals surface area (Å²) in [4.78, 5) is 13.2. The number of hydrogen-bond donors (Lipinski definition) is 1. The number of carboxylic acids is 1. The zero-order valence-corrected chi connectivity index (χ0v) is 13.2. The number of rotatable bonds is 5. The lowest BCUT2D eigenvalue weighted by molar-refractivity contribution is 0.0697. The highest BCUT2D eigenvalue weighted by Gasteiger charge is 2.10. The molecule has 0 unspecified atom stereocenters. The number of carboxylic acid groups (broad SMARTS) is 1. The van der Waals surface area contributed by atoms with Crippen molar-refractivity contribution < 1.29 is 14.3 Å². The van der Waals surface area contributed by atoms with Crippen LogP contribution in [-0.4, -0.2) is 24.2 Å². The molecular weight excluding hydrogens is 290 g/mol. The summed E-state index contributed by atoms with van der Waals surface area (Å²) in [5.41, 5.74) is 3.13. The Morgan fingerprint density at radius 3 is 2.35 bits per heavy atom. The van der Waals surface area contributed by atoms with Crippen LogP contribution in [0.2, 0.25) is 0 Å². The van der Waals surface area contributed by atoms with E-state index in [2.05, 4.69) is 36.9 Å². The molecule has 1 aromatic heterocycles. The molecule has 4 heteroatoms. The van der Waals surface area contributed by atoms with E-state index >= 15 is 0 Å². The molecule has 0 aliphatic carbocycles. The van der Waals surface area contributed by atoms with Gasteiger partial charge in [-0.1, -0.05) is 12.1 Å². The summed E-state index contributed by atoms with van der Waals surface area (Å²) < 4.78 is 5.96. The molecule has 0 saturated carbocycles. The summed E-state index contributed by atoms with van der Waals surface area (Å²) in [5.74, 6) is -0.182. The number of carbonyl (C=O) groups is 1. The highest BCUT2D eigenvalue weighted by atomic mass is 16.4. The lowest BCUT2D eigenvalue weighted by Crippen LogP contribution is -2.21. The maximum atomic E-state index is 10.9. The Morgan fingerprint density at radius 1 is 1.04 bits per heavy atom. The van der Waals surface area contributed by atoms with E-state index in [1.165, 1.54) is 0 Å². The second kappa shape index (κ2) is 6.16. The predicted octanol–water partition coefficient (Wildman–Crippen LogP) is 4.64. The summed E-state index contributed by atoms with van der Waals surface area (Å²) in [5, 5.41) is 10.0. The second-order valence-electron chi connectivity index (χ2n) is 5.39. The summed E-state index contributed by atoms with van der Waals surface area (Å²) in [7, 11) is 0. The van der Waals surface area contributed by atoms with E-state index in [4.69, 9.17) is 9.52 Å². The molecule has 0 amide bonds. The van der Waals surface area contributed by atoms with E-state index in [0.717, 1.165) is 41.1 Å². The first kappa shape index (κ1) is 15.2. The Morgan fingerprint density at radius 2 is 1.74 bits per heavy atom. The minimum Gasteiger partial charge on any atom is -0.478 e. The minimum absolute atomic E-state index is 0.272. The van der Waals surface area contributed by atoms with Gasteiger partial charge in [0.15, 0.2) is 0 Å². The third-order valence-corrected chi connectivity index (χ3v) is 4.05. The van der Waals surface area contributed by atoms with Gasteiger partial charge < -0.3 is 14.4 Å². The van der Waals surface area contributed by atoms with Crippen molar-refractivity contribution in [3.8, 4) is 11.3 Å². The fraction of sp³-hybridized carbons (Fsp3) is 0.211. The molecule has 0 saturated heterocycles. The Kier molecular flexibility index (Phi) is 4.06. The molecule has 3 aromatic rings. The second-order valence-corrected chi connectivity index (χ2v) is 5.39. The molecule has 118 valence electrons. The van der Waals surface area contributed by atoms with Crippen LogP contribution >= 0.6 is 0 Å². The minimum atomic E-state index is -0.926. The van der Waals surface area contributed by atoms with Gasteiger partial charge in [0.05, 0.1) is 5.56 Å². The van der Waals surface area contributed by atoms with Gasteiger partial charge in [0.2, 0.25) is 0 Å². The topological polar surface area (TPSA) is 53.7 Å². The lowest BCUT2D eigenvalue weighted by atomic mass is 10.1. The summed E-state index contributed by atoms with van der Waals surface area (Å²) >= 11 is 0. The molecule has 0 atom stereocenters. The summed E-state index contributed by atoms with van der Waals surface area (Å²) in [6.45, 7) is 6.16. The SMILES string of the molecule is CCN(CC)c1ccc2cc(-c3ccc(C(=O)O)cc3)oc2c1. The predicted molar refractivity (Wildman–Crippen MR) is 92.2 cm³/mol. The van der Waals surface area contributed by atoms with Crippen molar-refractivity contribution in [3.05, 3.63) is 54.1 Å². The molecule has 0 radical (unpaired) electrons. The van der Waals surface area contributed by atoms with Crippen molar-refractivity contribution in [2.45, 2.75) is 13.8 Å². The van der Waals surface area contributed by atoms with Gasteiger partial charge in [-0.05, 0) is 44.2 Å². The summed E-state index contributed by atoms with van der Waals surface area (Å²) in [6, 6.07) is 14.9. The van der Waals surface area contributed by atoms with Crippen LogP contribution in [0, 0.1) is 0 Å². The Hall–Kier alpha value is -2.75. The van der Waals surface area contributed by atoms with Crippen molar-refractivity contribution in [3.63, 3.8) is 0 Å². The Balaban J connectivity index is 1.97. The first-order chi connectivity index (χ1) is 11.1. The van der Waals surface area contributed by atoms with Crippen LogP contribution in [0.1, 0.15) is 24.2 Å². The van der Waals surface area contributed by atoms with Crippen molar-refractivity contribution in [1.29, 1.82) is 0 Å². The number of furan rings is 1. The van der Waals surface area contributed by atoms with Crippen LogP contribution in [0.15, 0.2) is 52.9 Å². The van der Waals surface area contributed by atoms with E-state index in [-0.39, 0.29) is 5.56 Å². The Labute approximate surface area is 135 Å². The maximum Gasteiger partial charge on any atom is 0.335 e. The number of hydrogen-bond acceptors (Lipinski definition) is 3. The third kappa shape index (κ3) is 2.93. The molecular formula is C19H19NO3. The first-order valence-electron chi connectivity index (χ1n) is 7.74. The van der Waals surface area contributed by atoms with Gasteiger partial charge in [-0.2, -0.15) is 0 Å². The average Bonchev–Trinajstić information content (AvgIpc) is 2.99. The summed E-state index contributed by atoms with van der Waals surface area (Å²) in [6.07, 6.45) is 0. The zero-order chi connectivity index (χ0) is 16.4. The molecule has 0 aliphatic heterocycles. The molecule has 0 bridgehead atoms. The fourth-order valence-corrected chi connectivity index (χ4v) is 2.72. The monoisotopic (exact) mass is 309 g/mol. The number of aromatic carboxylic acids is 1. The smallest absolute Gasteiger partial charge is 0.335 e. The highest BCUT2D eigenvalue weighted by molar-refractivity contribution is 5.89. The number of nitrogens with zero attached hydrogens (tertiary/aromatic N) is 1. The van der Waals surface area contributed by atoms with Gasteiger partial charge >= 0.3 is 5.97 Å². The number of anilines is 1. The van der Waals surface area contributed by atoms with Crippen molar-refractivity contribution in [2.24, 2.45) is 0 Å². The molecule has 1 N–H and O–H groups in total.